The molecule has 0 aromatic rings. The minimum absolute atomic E-state index is 0.0189. The van der Waals surface area contributed by atoms with Crippen LogP contribution in [0, 0.1) is 0 Å². The van der Waals surface area contributed by atoms with Gasteiger partial charge in [0, 0.05) is 13.0 Å². The Hall–Kier alpha value is 0.440. The summed E-state index contributed by atoms with van der Waals surface area (Å²) in [7, 11) is -2.12. The van der Waals surface area contributed by atoms with Gasteiger partial charge in [-0.05, 0) is 0 Å². The first kappa shape index (κ1) is 8.44. The van der Waals surface area contributed by atoms with Crippen LogP contribution < -0.4 is 0 Å². The Kier molecular flexibility index (Phi) is 3.65. The molecule has 1 N–H and O–H groups in total. The molecule has 0 radical (unpaired) electrons. The van der Waals surface area contributed by atoms with Crippen LogP contribution in [-0.4, -0.2) is 24.0 Å². The Morgan fingerprint density at radius 2 is 2.38 bits per heavy atom. The first-order valence-electron chi connectivity index (χ1n) is 2.06. The van der Waals surface area contributed by atoms with E-state index >= 15 is 0 Å². The van der Waals surface area contributed by atoms with Gasteiger partial charge in [0.1, 0.15) is 0 Å². The average molecular weight is 159 g/mol. The molecule has 1 unspecified atom stereocenters. The van der Waals surface area contributed by atoms with E-state index in [-0.39, 0.29) is 12.0 Å². The van der Waals surface area contributed by atoms with Gasteiger partial charge in [-0.15, -0.1) is 11.6 Å². The van der Waals surface area contributed by atoms with Gasteiger partial charge in [-0.1, -0.05) is 0 Å². The fraction of sp³-hybridized carbons (Fsp3) is 1.00. The van der Waals surface area contributed by atoms with E-state index in [1.807, 2.05) is 0 Å². The van der Waals surface area contributed by atoms with Crippen molar-refractivity contribution < 1.29 is 14.0 Å². The van der Waals surface area contributed by atoms with Crippen LogP contribution in [0.4, 0.5) is 0 Å². The SMILES string of the molecule is COP(=O)(O)CCCl. The van der Waals surface area contributed by atoms with Gasteiger partial charge in [-0.3, -0.25) is 4.57 Å². The number of hydrogen-bond acceptors (Lipinski definition) is 2. The molecule has 50 valence electrons. The lowest BCUT2D eigenvalue weighted by atomic mass is 11.0. The van der Waals surface area contributed by atoms with Crippen LogP contribution in [0.15, 0.2) is 0 Å². The average Bonchev–Trinajstić information content (AvgIpc) is 1.67. The quantitative estimate of drug-likeness (QED) is 0.494. The van der Waals surface area contributed by atoms with Crippen molar-refractivity contribution in [2.45, 2.75) is 0 Å². The zero-order valence-electron chi connectivity index (χ0n) is 4.50. The van der Waals surface area contributed by atoms with Gasteiger partial charge in [0.05, 0.1) is 6.16 Å². The number of halogens is 1. The van der Waals surface area contributed by atoms with E-state index in [1.54, 1.807) is 0 Å². The van der Waals surface area contributed by atoms with Crippen LogP contribution in [0.1, 0.15) is 0 Å². The number of rotatable bonds is 3. The lowest BCUT2D eigenvalue weighted by Gasteiger charge is -2.03. The van der Waals surface area contributed by atoms with Crippen molar-refractivity contribution in [1.29, 1.82) is 0 Å². The standard InChI is InChI=1S/C3H8ClO3P/c1-7-8(5,6)3-2-4/h2-3H2,1H3,(H,5,6). The van der Waals surface area contributed by atoms with Gasteiger partial charge in [-0.2, -0.15) is 0 Å². The maximum Gasteiger partial charge on any atom is 0.329 e. The molecular weight excluding hydrogens is 150 g/mol. The highest BCUT2D eigenvalue weighted by molar-refractivity contribution is 7.52. The Bertz CT molecular complexity index is 105. The normalized spacial score (nSPS) is 17.9. The summed E-state index contributed by atoms with van der Waals surface area (Å²) in [5.74, 6) is 0.154. The molecule has 5 heteroatoms. The van der Waals surface area contributed by atoms with Gasteiger partial charge in [-0.25, -0.2) is 0 Å². The van der Waals surface area contributed by atoms with E-state index < -0.39 is 7.60 Å². The van der Waals surface area contributed by atoms with Crippen LogP contribution in [0.2, 0.25) is 0 Å². The molecule has 0 spiro atoms. The summed E-state index contributed by atoms with van der Waals surface area (Å²) < 4.78 is 14.6. The van der Waals surface area contributed by atoms with E-state index in [0.29, 0.717) is 0 Å². The molecule has 0 heterocycles. The summed E-state index contributed by atoms with van der Waals surface area (Å²) in [5, 5.41) is 0. The zero-order valence-corrected chi connectivity index (χ0v) is 6.15. The maximum absolute atomic E-state index is 10.4. The second-order valence-electron chi connectivity index (χ2n) is 1.23. The minimum Gasteiger partial charge on any atom is -0.324 e. The molecule has 3 nitrogen and oxygen atoms in total. The van der Waals surface area contributed by atoms with Gasteiger partial charge < -0.3 is 9.42 Å². The highest BCUT2D eigenvalue weighted by Crippen LogP contribution is 2.39. The summed E-state index contributed by atoms with van der Waals surface area (Å²) in [6.07, 6.45) is 0.0189. The molecule has 0 aliphatic heterocycles. The van der Waals surface area contributed by atoms with Crippen LogP contribution in [0.3, 0.4) is 0 Å². The van der Waals surface area contributed by atoms with Crippen molar-refractivity contribution in [3.8, 4) is 0 Å². The minimum atomic E-state index is -3.31. The largest absolute Gasteiger partial charge is 0.329 e. The molecular formula is C3H8ClO3P. The fourth-order valence-electron chi connectivity index (χ4n) is 0.198. The fourth-order valence-corrected chi connectivity index (χ4v) is 1.24. The summed E-state index contributed by atoms with van der Waals surface area (Å²) in [6, 6.07) is 0. The van der Waals surface area contributed by atoms with Crippen LogP contribution >= 0.6 is 19.2 Å². The van der Waals surface area contributed by atoms with Crippen molar-refractivity contribution in [2.75, 3.05) is 19.2 Å². The highest BCUT2D eigenvalue weighted by Gasteiger charge is 2.14. The summed E-state index contributed by atoms with van der Waals surface area (Å²) in [6.45, 7) is 0. The van der Waals surface area contributed by atoms with Crippen LogP contribution in [0.5, 0.6) is 0 Å². The topological polar surface area (TPSA) is 46.5 Å². The molecule has 0 aliphatic rings. The smallest absolute Gasteiger partial charge is 0.324 e. The van der Waals surface area contributed by atoms with Crippen molar-refractivity contribution in [3.63, 3.8) is 0 Å². The molecule has 0 aliphatic carbocycles. The van der Waals surface area contributed by atoms with Crippen LogP contribution in [-0.2, 0) is 9.09 Å². The second kappa shape index (κ2) is 3.46. The van der Waals surface area contributed by atoms with E-state index in [9.17, 15) is 4.57 Å². The number of alkyl halides is 1. The lowest BCUT2D eigenvalue weighted by molar-refractivity contribution is 0.317. The Morgan fingerprint density at radius 1 is 1.88 bits per heavy atom. The molecule has 0 saturated heterocycles. The van der Waals surface area contributed by atoms with Gasteiger partial charge in [0.2, 0.25) is 0 Å². The molecule has 0 aromatic heterocycles. The van der Waals surface area contributed by atoms with E-state index in [0.717, 1.165) is 0 Å². The number of hydrogen-bond donors (Lipinski definition) is 1. The van der Waals surface area contributed by atoms with Gasteiger partial charge in [0.15, 0.2) is 0 Å². The molecule has 0 fully saturated rings. The molecule has 0 amide bonds. The summed E-state index contributed by atoms with van der Waals surface area (Å²) in [4.78, 5) is 8.57. The molecule has 0 saturated carbocycles. The molecule has 8 heavy (non-hydrogen) atoms. The monoisotopic (exact) mass is 158 g/mol. The van der Waals surface area contributed by atoms with Gasteiger partial charge >= 0.3 is 7.60 Å². The first-order chi connectivity index (χ1) is 3.62. The third-order valence-corrected chi connectivity index (χ3v) is 2.46. The summed E-state index contributed by atoms with van der Waals surface area (Å²) in [5.41, 5.74) is 0. The van der Waals surface area contributed by atoms with E-state index in [4.69, 9.17) is 16.5 Å². The van der Waals surface area contributed by atoms with Crippen molar-refractivity contribution in [3.05, 3.63) is 0 Å². The molecule has 0 bridgehead atoms. The van der Waals surface area contributed by atoms with Crippen molar-refractivity contribution >= 4 is 19.2 Å². The molecule has 1 atom stereocenters. The molecule has 0 rings (SSSR count). The highest BCUT2D eigenvalue weighted by atomic mass is 35.5. The Morgan fingerprint density at radius 3 is 2.50 bits per heavy atom. The molecule has 0 aromatic carbocycles. The third kappa shape index (κ3) is 3.44. The van der Waals surface area contributed by atoms with Crippen LogP contribution in [0.25, 0.3) is 0 Å². The predicted molar refractivity (Wildman–Crippen MR) is 32.4 cm³/mol. The van der Waals surface area contributed by atoms with Crippen molar-refractivity contribution in [1.82, 2.24) is 0 Å². The predicted octanol–water partition coefficient (Wildman–Crippen LogP) is 1.06. The Labute approximate surface area is 53.1 Å². The van der Waals surface area contributed by atoms with E-state index in [2.05, 4.69) is 4.52 Å². The van der Waals surface area contributed by atoms with Gasteiger partial charge in [0.25, 0.3) is 0 Å². The zero-order chi connectivity index (χ0) is 6.62. The van der Waals surface area contributed by atoms with Crippen molar-refractivity contribution in [2.24, 2.45) is 0 Å². The third-order valence-electron chi connectivity index (χ3n) is 0.652. The second-order valence-corrected chi connectivity index (χ2v) is 3.70. The Balaban J connectivity index is 3.55. The lowest BCUT2D eigenvalue weighted by Crippen LogP contribution is -1.90. The maximum atomic E-state index is 10.4. The first-order valence-corrected chi connectivity index (χ1v) is 4.35. The van der Waals surface area contributed by atoms with E-state index in [1.165, 1.54) is 7.11 Å². The summed E-state index contributed by atoms with van der Waals surface area (Å²) >= 11 is 5.15.